The molecule has 2 aromatic carbocycles. The van der Waals surface area contributed by atoms with Crippen LogP contribution in [0.4, 0.5) is 10.2 Å². The van der Waals surface area contributed by atoms with E-state index in [1.807, 2.05) is 0 Å². The Morgan fingerprint density at radius 2 is 1.78 bits per heavy atom. The second-order valence-electron chi connectivity index (χ2n) is 7.15. The molecule has 1 aliphatic heterocycles. The van der Waals surface area contributed by atoms with Crippen LogP contribution in [0.2, 0.25) is 15.1 Å². The predicted octanol–water partition coefficient (Wildman–Crippen LogP) is 5.72. The van der Waals surface area contributed by atoms with Gasteiger partial charge in [-0.25, -0.2) is 14.4 Å². The van der Waals surface area contributed by atoms with E-state index >= 15 is 0 Å². The lowest BCUT2D eigenvalue weighted by Gasteiger charge is -2.23. The van der Waals surface area contributed by atoms with Gasteiger partial charge in [0.2, 0.25) is 5.88 Å². The summed E-state index contributed by atoms with van der Waals surface area (Å²) in [6.45, 7) is 2.38. The number of hydrogen-bond donors (Lipinski definition) is 0. The van der Waals surface area contributed by atoms with Gasteiger partial charge in [0.05, 0.1) is 15.6 Å². The van der Waals surface area contributed by atoms with Crippen molar-refractivity contribution in [1.82, 2.24) is 14.9 Å². The standard InChI is InChI=1S/C22H18Cl3FN4O2/c23-14-2-4-16(17(24)10-14)22(31)30-7-1-6-29(8-9-30)20-12-21(28-13-27-20)32-15-3-5-19(26)18(25)11-15/h2-5,10-13H,1,6-9H2. The van der Waals surface area contributed by atoms with Gasteiger partial charge in [0.15, 0.2) is 0 Å². The number of nitrogens with zero attached hydrogens (tertiary/aromatic N) is 4. The van der Waals surface area contributed by atoms with Gasteiger partial charge in [-0.2, -0.15) is 0 Å². The molecule has 2 heterocycles. The number of anilines is 1. The highest BCUT2D eigenvalue weighted by atomic mass is 35.5. The molecule has 0 aliphatic carbocycles. The van der Waals surface area contributed by atoms with E-state index in [0.29, 0.717) is 59.2 Å². The molecule has 1 aromatic heterocycles. The van der Waals surface area contributed by atoms with Crippen LogP contribution < -0.4 is 9.64 Å². The summed E-state index contributed by atoms with van der Waals surface area (Å²) in [7, 11) is 0. The molecule has 3 aromatic rings. The van der Waals surface area contributed by atoms with Crippen molar-refractivity contribution in [3.05, 3.63) is 75.2 Å². The van der Waals surface area contributed by atoms with E-state index in [0.717, 1.165) is 6.42 Å². The minimum absolute atomic E-state index is 0.0325. The number of hydrogen-bond acceptors (Lipinski definition) is 5. The number of rotatable bonds is 4. The average molecular weight is 496 g/mol. The van der Waals surface area contributed by atoms with Crippen LogP contribution in [0.1, 0.15) is 16.8 Å². The first-order valence-corrected chi connectivity index (χ1v) is 11.0. The Morgan fingerprint density at radius 3 is 2.56 bits per heavy atom. The highest BCUT2D eigenvalue weighted by Crippen LogP contribution is 2.27. The van der Waals surface area contributed by atoms with Crippen LogP contribution >= 0.6 is 34.8 Å². The number of amides is 1. The van der Waals surface area contributed by atoms with Crippen molar-refractivity contribution < 1.29 is 13.9 Å². The highest BCUT2D eigenvalue weighted by Gasteiger charge is 2.23. The first kappa shape index (κ1) is 22.6. The average Bonchev–Trinajstić information content (AvgIpc) is 3.03. The topological polar surface area (TPSA) is 58.6 Å². The number of carbonyl (C=O) groups excluding carboxylic acids is 1. The van der Waals surface area contributed by atoms with Crippen LogP contribution in [-0.2, 0) is 0 Å². The van der Waals surface area contributed by atoms with Crippen LogP contribution in [0, 0.1) is 5.82 Å². The molecule has 0 radical (unpaired) electrons. The summed E-state index contributed by atoms with van der Waals surface area (Å²) < 4.78 is 19.1. The van der Waals surface area contributed by atoms with Crippen molar-refractivity contribution in [2.24, 2.45) is 0 Å². The van der Waals surface area contributed by atoms with Crippen LogP contribution in [-0.4, -0.2) is 47.0 Å². The fourth-order valence-electron chi connectivity index (χ4n) is 3.40. The second kappa shape index (κ2) is 9.90. The number of halogens is 4. The molecule has 1 amide bonds. The van der Waals surface area contributed by atoms with Gasteiger partial charge in [0.1, 0.15) is 23.7 Å². The SMILES string of the molecule is O=C(c1ccc(Cl)cc1Cl)N1CCCN(c2cc(Oc3ccc(F)c(Cl)c3)ncn2)CC1. The Labute approximate surface area is 199 Å². The Morgan fingerprint density at radius 1 is 0.938 bits per heavy atom. The maximum absolute atomic E-state index is 13.4. The third-order valence-corrected chi connectivity index (χ3v) is 5.85. The first-order chi connectivity index (χ1) is 15.4. The molecule has 1 aliphatic rings. The Hall–Kier alpha value is -2.61. The molecule has 0 saturated carbocycles. The molecular weight excluding hydrogens is 478 g/mol. The lowest BCUT2D eigenvalue weighted by atomic mass is 10.2. The number of carbonyl (C=O) groups is 1. The van der Waals surface area contributed by atoms with Crippen LogP contribution in [0.25, 0.3) is 0 Å². The van der Waals surface area contributed by atoms with Crippen LogP contribution in [0.5, 0.6) is 11.6 Å². The maximum Gasteiger partial charge on any atom is 0.255 e. The molecule has 0 unspecified atom stereocenters. The van der Waals surface area contributed by atoms with Crippen molar-refractivity contribution in [3.8, 4) is 11.6 Å². The molecule has 0 bridgehead atoms. The van der Waals surface area contributed by atoms with Gasteiger partial charge >= 0.3 is 0 Å². The minimum atomic E-state index is -0.522. The molecule has 1 saturated heterocycles. The molecule has 166 valence electrons. The van der Waals surface area contributed by atoms with Crippen LogP contribution in [0.3, 0.4) is 0 Å². The van der Waals surface area contributed by atoms with E-state index in [4.69, 9.17) is 39.5 Å². The monoisotopic (exact) mass is 494 g/mol. The number of aromatic nitrogens is 2. The summed E-state index contributed by atoms with van der Waals surface area (Å²) in [5.41, 5.74) is 0.431. The third kappa shape index (κ3) is 5.23. The van der Waals surface area contributed by atoms with E-state index < -0.39 is 5.82 Å². The molecule has 0 N–H and O–H groups in total. The van der Waals surface area contributed by atoms with Gasteiger partial charge in [0.25, 0.3) is 5.91 Å². The zero-order valence-corrected chi connectivity index (χ0v) is 19.0. The highest BCUT2D eigenvalue weighted by molar-refractivity contribution is 6.36. The lowest BCUT2D eigenvalue weighted by molar-refractivity contribution is 0.0767. The van der Waals surface area contributed by atoms with Gasteiger partial charge in [0, 0.05) is 43.3 Å². The quantitative estimate of drug-likeness (QED) is 0.463. The third-order valence-electron chi connectivity index (χ3n) is 5.01. The van der Waals surface area contributed by atoms with E-state index in [1.165, 1.54) is 24.5 Å². The van der Waals surface area contributed by atoms with Crippen molar-refractivity contribution in [2.75, 3.05) is 31.1 Å². The van der Waals surface area contributed by atoms with Gasteiger partial charge < -0.3 is 14.5 Å². The predicted molar refractivity (Wildman–Crippen MR) is 123 cm³/mol. The smallest absolute Gasteiger partial charge is 0.255 e. The van der Waals surface area contributed by atoms with Crippen LogP contribution in [0.15, 0.2) is 48.8 Å². The zero-order chi connectivity index (χ0) is 22.7. The van der Waals surface area contributed by atoms with Gasteiger partial charge in [-0.1, -0.05) is 34.8 Å². The number of ether oxygens (including phenoxy) is 1. The molecule has 4 rings (SSSR count). The van der Waals surface area contributed by atoms with E-state index in [2.05, 4.69) is 14.9 Å². The van der Waals surface area contributed by atoms with E-state index in [1.54, 1.807) is 29.2 Å². The fourth-order valence-corrected chi connectivity index (χ4v) is 4.06. The normalized spacial score (nSPS) is 14.2. The van der Waals surface area contributed by atoms with Crippen molar-refractivity contribution in [3.63, 3.8) is 0 Å². The fraction of sp³-hybridized carbons (Fsp3) is 0.227. The van der Waals surface area contributed by atoms with Crippen molar-refractivity contribution in [2.45, 2.75) is 6.42 Å². The Kier molecular flexibility index (Phi) is 6.98. The largest absolute Gasteiger partial charge is 0.439 e. The van der Waals surface area contributed by atoms with Crippen molar-refractivity contribution in [1.29, 1.82) is 0 Å². The lowest BCUT2D eigenvalue weighted by Crippen LogP contribution is -2.35. The molecule has 0 atom stereocenters. The molecule has 32 heavy (non-hydrogen) atoms. The summed E-state index contributed by atoms with van der Waals surface area (Å²) in [5, 5.41) is 0.787. The summed E-state index contributed by atoms with van der Waals surface area (Å²) in [6, 6.07) is 10.7. The zero-order valence-electron chi connectivity index (χ0n) is 16.8. The summed E-state index contributed by atoms with van der Waals surface area (Å²) >= 11 is 18.0. The Balaban J connectivity index is 1.44. The molecular formula is C22H18Cl3FN4O2. The number of benzene rings is 2. The molecule has 0 spiro atoms. The van der Waals surface area contributed by atoms with Crippen molar-refractivity contribution >= 4 is 46.5 Å². The summed E-state index contributed by atoms with van der Waals surface area (Å²) in [5.74, 6) is 0.692. The van der Waals surface area contributed by atoms with Gasteiger partial charge in [-0.15, -0.1) is 0 Å². The Bertz CT molecular complexity index is 1150. The summed E-state index contributed by atoms with van der Waals surface area (Å²) in [6.07, 6.45) is 2.15. The van der Waals surface area contributed by atoms with Gasteiger partial charge in [-0.3, -0.25) is 4.79 Å². The molecule has 1 fully saturated rings. The van der Waals surface area contributed by atoms with E-state index in [9.17, 15) is 9.18 Å². The second-order valence-corrected chi connectivity index (χ2v) is 8.40. The van der Waals surface area contributed by atoms with E-state index in [-0.39, 0.29) is 10.9 Å². The molecule has 10 heteroatoms. The summed E-state index contributed by atoms with van der Waals surface area (Å²) in [4.78, 5) is 25.2. The maximum atomic E-state index is 13.4. The first-order valence-electron chi connectivity index (χ1n) is 9.85. The minimum Gasteiger partial charge on any atom is -0.439 e. The molecule has 6 nitrogen and oxygen atoms in total. The van der Waals surface area contributed by atoms with Gasteiger partial charge in [-0.05, 0) is 36.8 Å².